The van der Waals surface area contributed by atoms with Crippen molar-refractivity contribution in [1.29, 1.82) is 0 Å². The number of aryl methyl sites for hydroxylation is 1. The van der Waals surface area contributed by atoms with Crippen LogP contribution in [0.4, 0.5) is 26.3 Å². The molecule has 0 aliphatic rings. The van der Waals surface area contributed by atoms with E-state index in [0.717, 1.165) is 5.56 Å². The van der Waals surface area contributed by atoms with E-state index in [4.69, 9.17) is 9.47 Å². The van der Waals surface area contributed by atoms with E-state index < -0.39 is 41.4 Å². The van der Waals surface area contributed by atoms with Crippen LogP contribution in [0.2, 0.25) is 0 Å². The summed E-state index contributed by atoms with van der Waals surface area (Å²) in [4.78, 5) is 12.0. The van der Waals surface area contributed by atoms with Gasteiger partial charge in [-0.05, 0) is 54.3 Å². The van der Waals surface area contributed by atoms with Crippen molar-refractivity contribution in [2.75, 3.05) is 20.8 Å². The van der Waals surface area contributed by atoms with Crippen LogP contribution < -0.4 is 14.8 Å². The fraction of sp³-hybridized carbons (Fsp3) is 0.381. The zero-order chi connectivity index (χ0) is 23.2. The predicted octanol–water partition coefficient (Wildman–Crippen LogP) is 5.03. The summed E-state index contributed by atoms with van der Waals surface area (Å²) >= 11 is 0. The van der Waals surface area contributed by atoms with Crippen LogP contribution in [-0.2, 0) is 30.0 Å². The molecule has 0 saturated carbocycles. The third kappa shape index (κ3) is 6.80. The fourth-order valence-electron chi connectivity index (χ4n) is 2.97. The number of hydrogen-bond acceptors (Lipinski definition) is 3. The van der Waals surface area contributed by atoms with Crippen molar-refractivity contribution in [2.24, 2.45) is 0 Å². The molecule has 10 heteroatoms. The van der Waals surface area contributed by atoms with Gasteiger partial charge in [0.1, 0.15) is 0 Å². The summed E-state index contributed by atoms with van der Waals surface area (Å²) in [6.45, 7) is 0.197. The van der Waals surface area contributed by atoms with E-state index >= 15 is 0 Å². The van der Waals surface area contributed by atoms with Gasteiger partial charge in [-0.3, -0.25) is 4.79 Å². The van der Waals surface area contributed by atoms with Gasteiger partial charge >= 0.3 is 12.4 Å². The van der Waals surface area contributed by atoms with Gasteiger partial charge in [0.05, 0.1) is 25.3 Å². The summed E-state index contributed by atoms with van der Waals surface area (Å²) in [7, 11) is 2.97. The number of amides is 1. The molecule has 31 heavy (non-hydrogen) atoms. The van der Waals surface area contributed by atoms with Crippen LogP contribution in [0.5, 0.6) is 11.5 Å². The molecule has 0 bridgehead atoms. The number of rotatable bonds is 8. The zero-order valence-corrected chi connectivity index (χ0v) is 16.8. The highest BCUT2D eigenvalue weighted by Gasteiger charge is 2.36. The van der Waals surface area contributed by atoms with Crippen molar-refractivity contribution in [3.8, 4) is 11.5 Å². The number of carbonyl (C=O) groups excluding carboxylic acids is 1. The van der Waals surface area contributed by atoms with Crippen molar-refractivity contribution in [1.82, 2.24) is 5.32 Å². The van der Waals surface area contributed by atoms with E-state index in [0.29, 0.717) is 36.1 Å². The lowest BCUT2D eigenvalue weighted by atomic mass is 9.99. The highest BCUT2D eigenvalue weighted by Crippen LogP contribution is 2.37. The molecule has 0 aliphatic heterocycles. The molecule has 0 heterocycles. The lowest BCUT2D eigenvalue weighted by Crippen LogP contribution is -2.26. The minimum Gasteiger partial charge on any atom is -0.493 e. The quantitative estimate of drug-likeness (QED) is 0.575. The molecule has 4 nitrogen and oxygen atoms in total. The number of carbonyl (C=O) groups is 1. The number of hydrogen-bond donors (Lipinski definition) is 1. The first kappa shape index (κ1) is 24.4. The Morgan fingerprint density at radius 3 is 2.13 bits per heavy atom. The third-order valence-corrected chi connectivity index (χ3v) is 4.54. The molecule has 2 aromatic rings. The molecule has 0 atom stereocenters. The normalized spacial score (nSPS) is 11.9. The molecule has 0 aliphatic carbocycles. The Balaban J connectivity index is 1.98. The zero-order valence-electron chi connectivity index (χ0n) is 16.8. The largest absolute Gasteiger partial charge is 0.493 e. The standard InChI is InChI=1S/C21H21F6NO3/c1-30-17-7-3-13(11-18(17)31-2)9-10-28-19(29)8-4-14-12-15(20(22,23)24)5-6-16(14)21(25,26)27/h3,5-7,11-12H,4,8-10H2,1-2H3,(H,28,29). The maximum absolute atomic E-state index is 13.1. The van der Waals surface area contributed by atoms with Crippen LogP contribution >= 0.6 is 0 Å². The van der Waals surface area contributed by atoms with E-state index in [9.17, 15) is 31.1 Å². The van der Waals surface area contributed by atoms with E-state index in [1.807, 2.05) is 0 Å². The van der Waals surface area contributed by atoms with E-state index in [1.165, 1.54) is 14.2 Å². The Morgan fingerprint density at radius 2 is 1.55 bits per heavy atom. The molecule has 1 amide bonds. The Morgan fingerprint density at radius 1 is 0.871 bits per heavy atom. The maximum atomic E-state index is 13.1. The Labute approximate surface area is 175 Å². The maximum Gasteiger partial charge on any atom is 0.416 e. The molecule has 0 saturated heterocycles. The van der Waals surface area contributed by atoms with Gasteiger partial charge < -0.3 is 14.8 Å². The summed E-state index contributed by atoms with van der Waals surface area (Å²) in [5, 5.41) is 2.56. The minimum atomic E-state index is -4.82. The SMILES string of the molecule is COc1ccc(CCNC(=O)CCc2cc(C(F)(F)F)ccc2C(F)(F)F)cc1OC. The van der Waals surface area contributed by atoms with Crippen LogP contribution in [0.15, 0.2) is 36.4 Å². The highest BCUT2D eigenvalue weighted by molar-refractivity contribution is 5.76. The average Bonchev–Trinajstić information content (AvgIpc) is 2.70. The number of benzene rings is 2. The number of ether oxygens (including phenoxy) is 2. The molecular weight excluding hydrogens is 428 g/mol. The molecule has 2 aromatic carbocycles. The van der Waals surface area contributed by atoms with Gasteiger partial charge in [0.15, 0.2) is 11.5 Å². The number of alkyl halides is 6. The van der Waals surface area contributed by atoms with Crippen molar-refractivity contribution >= 4 is 5.91 Å². The van der Waals surface area contributed by atoms with E-state index in [1.54, 1.807) is 18.2 Å². The number of halogens is 6. The molecule has 0 aromatic heterocycles. The summed E-state index contributed by atoms with van der Waals surface area (Å²) in [6, 6.07) is 6.42. The van der Waals surface area contributed by atoms with Crippen LogP contribution in [0.1, 0.15) is 28.7 Å². The van der Waals surface area contributed by atoms with Crippen molar-refractivity contribution in [3.63, 3.8) is 0 Å². The third-order valence-electron chi connectivity index (χ3n) is 4.54. The van der Waals surface area contributed by atoms with Crippen molar-refractivity contribution in [2.45, 2.75) is 31.6 Å². The van der Waals surface area contributed by atoms with Crippen LogP contribution in [0.25, 0.3) is 0 Å². The number of methoxy groups -OCH3 is 2. The monoisotopic (exact) mass is 449 g/mol. The molecule has 2 rings (SSSR count). The minimum absolute atomic E-state index is 0.197. The van der Waals surface area contributed by atoms with Gasteiger partial charge in [-0.2, -0.15) is 26.3 Å². The van der Waals surface area contributed by atoms with Crippen molar-refractivity contribution < 1.29 is 40.6 Å². The first-order chi connectivity index (χ1) is 14.5. The van der Waals surface area contributed by atoms with E-state index in [2.05, 4.69) is 5.32 Å². The van der Waals surface area contributed by atoms with Gasteiger partial charge in [0.25, 0.3) is 0 Å². The van der Waals surface area contributed by atoms with Gasteiger partial charge in [0.2, 0.25) is 5.91 Å². The Kier molecular flexibility index (Phi) is 7.80. The van der Waals surface area contributed by atoms with Crippen LogP contribution in [-0.4, -0.2) is 26.7 Å². The summed E-state index contributed by atoms with van der Waals surface area (Å²) in [6.07, 6.45) is -10.0. The lowest BCUT2D eigenvalue weighted by Gasteiger charge is -2.16. The van der Waals surface area contributed by atoms with Gasteiger partial charge in [0, 0.05) is 13.0 Å². The molecule has 1 N–H and O–H groups in total. The molecule has 0 fully saturated rings. The van der Waals surface area contributed by atoms with E-state index in [-0.39, 0.29) is 13.0 Å². The fourth-order valence-corrected chi connectivity index (χ4v) is 2.97. The second-order valence-electron chi connectivity index (χ2n) is 6.66. The van der Waals surface area contributed by atoms with Gasteiger partial charge in [-0.15, -0.1) is 0 Å². The smallest absolute Gasteiger partial charge is 0.416 e. The van der Waals surface area contributed by atoms with Crippen LogP contribution in [0.3, 0.4) is 0 Å². The molecule has 0 radical (unpaired) electrons. The Hall–Kier alpha value is -2.91. The van der Waals surface area contributed by atoms with Gasteiger partial charge in [-0.1, -0.05) is 6.07 Å². The molecular formula is C21H21F6NO3. The first-order valence-electron chi connectivity index (χ1n) is 9.20. The molecule has 0 spiro atoms. The van der Waals surface area contributed by atoms with Crippen molar-refractivity contribution in [3.05, 3.63) is 58.7 Å². The lowest BCUT2D eigenvalue weighted by molar-refractivity contribution is -0.141. The Bertz CT molecular complexity index is 909. The summed E-state index contributed by atoms with van der Waals surface area (Å²) in [5.74, 6) is 0.485. The predicted molar refractivity (Wildman–Crippen MR) is 101 cm³/mol. The molecule has 170 valence electrons. The topological polar surface area (TPSA) is 47.6 Å². The second-order valence-corrected chi connectivity index (χ2v) is 6.66. The molecule has 0 unspecified atom stereocenters. The highest BCUT2D eigenvalue weighted by atomic mass is 19.4. The average molecular weight is 449 g/mol. The first-order valence-corrected chi connectivity index (χ1v) is 9.20. The van der Waals surface area contributed by atoms with Gasteiger partial charge in [-0.25, -0.2) is 0 Å². The summed E-state index contributed by atoms with van der Waals surface area (Å²) in [5.41, 5.74) is -2.12. The second kappa shape index (κ2) is 9.93. The number of nitrogens with one attached hydrogen (secondary N) is 1. The van der Waals surface area contributed by atoms with Crippen LogP contribution in [0, 0.1) is 0 Å². The summed E-state index contributed by atoms with van der Waals surface area (Å²) < 4.78 is 88.2.